The van der Waals surface area contributed by atoms with Crippen LogP contribution >= 0.6 is 11.3 Å². The van der Waals surface area contributed by atoms with Crippen LogP contribution in [0.1, 0.15) is 15.5 Å². The monoisotopic (exact) mass is 238 g/mol. The predicted molar refractivity (Wildman–Crippen MR) is 58.9 cm³/mol. The van der Waals surface area contributed by atoms with Crippen LogP contribution in [0.25, 0.3) is 0 Å². The summed E-state index contributed by atoms with van der Waals surface area (Å²) < 4.78 is 6.61. The third-order valence-electron chi connectivity index (χ3n) is 2.02. The number of anilines is 1. The highest BCUT2D eigenvalue weighted by molar-refractivity contribution is 7.12. The number of thiophene rings is 1. The molecule has 0 radical (unpaired) electrons. The van der Waals surface area contributed by atoms with E-state index in [4.69, 9.17) is 10.5 Å². The summed E-state index contributed by atoms with van der Waals surface area (Å²) in [6, 6.07) is 1.67. The molecule has 2 heterocycles. The lowest BCUT2D eigenvalue weighted by atomic mass is 10.4. The third-order valence-corrected chi connectivity index (χ3v) is 2.93. The highest BCUT2D eigenvalue weighted by Crippen LogP contribution is 2.19. The van der Waals surface area contributed by atoms with Gasteiger partial charge in [-0.1, -0.05) is 0 Å². The molecule has 2 aromatic rings. The maximum atomic E-state index is 11.6. The largest absolute Gasteiger partial charge is 0.453 e. The lowest BCUT2D eigenvalue weighted by Crippen LogP contribution is -2.09. The molecule has 0 saturated heterocycles. The van der Waals surface area contributed by atoms with Gasteiger partial charge in [0.15, 0.2) is 12.4 Å². The average molecular weight is 238 g/mol. The van der Waals surface area contributed by atoms with Gasteiger partial charge in [-0.3, -0.25) is 4.68 Å². The molecule has 6 nitrogen and oxygen atoms in total. The summed E-state index contributed by atoms with van der Waals surface area (Å²) in [5.74, 6) is 0.152. The Hall–Kier alpha value is -1.89. The summed E-state index contributed by atoms with van der Waals surface area (Å²) >= 11 is 1.26. The maximum Gasteiger partial charge on any atom is 0.350 e. The van der Waals surface area contributed by atoms with Gasteiger partial charge in [0.2, 0.25) is 0 Å². The molecule has 0 atom stereocenters. The van der Waals surface area contributed by atoms with Crippen LogP contribution in [0.5, 0.6) is 0 Å². The highest BCUT2D eigenvalue weighted by atomic mass is 32.1. The van der Waals surface area contributed by atoms with Gasteiger partial charge >= 0.3 is 5.97 Å². The number of nitrogen functional groups attached to an aromatic ring is 1. The van der Waals surface area contributed by atoms with Crippen molar-refractivity contribution in [3.05, 3.63) is 28.5 Å². The van der Waals surface area contributed by atoms with Crippen LogP contribution in [0.4, 0.5) is 5.69 Å². The zero-order valence-electron chi connectivity index (χ0n) is 8.58. The number of ether oxygens (including phenoxy) is 1. The van der Waals surface area contributed by atoms with E-state index in [1.54, 1.807) is 23.2 Å². The molecule has 0 aliphatic carbocycles. The lowest BCUT2D eigenvalue weighted by Gasteiger charge is -2.03. The van der Waals surface area contributed by atoms with Crippen molar-refractivity contribution < 1.29 is 9.53 Å². The van der Waals surface area contributed by atoms with E-state index in [0.717, 1.165) is 0 Å². The zero-order chi connectivity index (χ0) is 11.5. The molecule has 0 amide bonds. The van der Waals surface area contributed by atoms with Crippen molar-refractivity contribution in [3.8, 4) is 0 Å². The molecule has 2 N–H and O–H groups in total. The van der Waals surface area contributed by atoms with E-state index in [2.05, 4.69) is 10.1 Å². The minimum atomic E-state index is -0.435. The van der Waals surface area contributed by atoms with E-state index in [0.29, 0.717) is 16.4 Å². The van der Waals surface area contributed by atoms with Gasteiger partial charge in [0.25, 0.3) is 0 Å². The number of esters is 1. The molecule has 16 heavy (non-hydrogen) atoms. The van der Waals surface area contributed by atoms with Gasteiger partial charge in [0, 0.05) is 7.05 Å². The van der Waals surface area contributed by atoms with Crippen molar-refractivity contribution >= 4 is 23.0 Å². The third kappa shape index (κ3) is 2.03. The topological polar surface area (TPSA) is 83.0 Å². The number of hydrogen-bond acceptors (Lipinski definition) is 6. The molecule has 0 aromatic carbocycles. The second-order valence-corrected chi connectivity index (χ2v) is 4.00. The Kier molecular flexibility index (Phi) is 2.86. The normalized spacial score (nSPS) is 10.3. The fraction of sp³-hybridized carbons (Fsp3) is 0.222. The van der Waals surface area contributed by atoms with Crippen LogP contribution in [0.3, 0.4) is 0 Å². The molecule has 0 aliphatic heterocycles. The van der Waals surface area contributed by atoms with E-state index >= 15 is 0 Å². The molecular formula is C9H10N4O2S. The van der Waals surface area contributed by atoms with Crippen LogP contribution in [0.2, 0.25) is 0 Å². The quantitative estimate of drug-likeness (QED) is 0.800. The summed E-state index contributed by atoms with van der Waals surface area (Å²) in [7, 11) is 1.73. The molecule has 0 spiro atoms. The van der Waals surface area contributed by atoms with Crippen molar-refractivity contribution in [1.82, 2.24) is 14.8 Å². The second kappa shape index (κ2) is 4.31. The van der Waals surface area contributed by atoms with E-state index in [-0.39, 0.29) is 6.61 Å². The molecule has 7 heteroatoms. The summed E-state index contributed by atoms with van der Waals surface area (Å²) in [6.45, 7) is 0.0900. The Morgan fingerprint density at radius 3 is 3.06 bits per heavy atom. The molecule has 2 aromatic heterocycles. The van der Waals surface area contributed by atoms with Crippen LogP contribution in [0, 0.1) is 0 Å². The minimum absolute atomic E-state index is 0.0900. The lowest BCUT2D eigenvalue weighted by molar-refractivity contribution is 0.0465. The number of aryl methyl sites for hydroxylation is 1. The van der Waals surface area contributed by atoms with Crippen molar-refractivity contribution in [3.63, 3.8) is 0 Å². The molecule has 0 bridgehead atoms. The number of carbonyl (C=O) groups is 1. The van der Waals surface area contributed by atoms with Gasteiger partial charge in [-0.2, -0.15) is 5.10 Å². The van der Waals surface area contributed by atoms with E-state index in [1.165, 1.54) is 17.7 Å². The van der Waals surface area contributed by atoms with Gasteiger partial charge < -0.3 is 10.5 Å². The molecule has 0 aliphatic rings. The van der Waals surface area contributed by atoms with E-state index < -0.39 is 5.97 Å². The Morgan fingerprint density at radius 1 is 1.69 bits per heavy atom. The van der Waals surface area contributed by atoms with E-state index in [9.17, 15) is 4.79 Å². The van der Waals surface area contributed by atoms with Gasteiger partial charge in [0.05, 0.1) is 5.69 Å². The maximum absolute atomic E-state index is 11.6. The fourth-order valence-electron chi connectivity index (χ4n) is 1.13. The summed E-state index contributed by atoms with van der Waals surface area (Å²) in [6.07, 6.45) is 1.41. The Balaban J connectivity index is 1.99. The standard InChI is InChI=1S/C9H10N4O2S/c1-13-7(11-5-12-13)4-15-9(14)8-6(10)2-3-16-8/h2-3,5H,4,10H2,1H3. The van der Waals surface area contributed by atoms with Crippen LogP contribution in [-0.2, 0) is 18.4 Å². The number of nitrogens with zero attached hydrogens (tertiary/aromatic N) is 3. The molecule has 84 valence electrons. The predicted octanol–water partition coefficient (Wildman–Crippen LogP) is 0.816. The van der Waals surface area contributed by atoms with Crippen molar-refractivity contribution in [2.45, 2.75) is 6.61 Å². The summed E-state index contributed by atoms with van der Waals surface area (Å²) in [5, 5.41) is 5.61. The first-order valence-electron chi connectivity index (χ1n) is 4.51. The Bertz CT molecular complexity index is 505. The number of nitrogens with two attached hydrogens (primary N) is 1. The Morgan fingerprint density at radius 2 is 2.50 bits per heavy atom. The van der Waals surface area contributed by atoms with Crippen LogP contribution in [-0.4, -0.2) is 20.7 Å². The smallest absolute Gasteiger partial charge is 0.350 e. The molecule has 0 fully saturated rings. The van der Waals surface area contributed by atoms with Gasteiger partial charge in [-0.15, -0.1) is 11.3 Å². The number of aromatic nitrogens is 3. The van der Waals surface area contributed by atoms with Gasteiger partial charge in [0.1, 0.15) is 11.2 Å². The fourth-order valence-corrected chi connectivity index (χ4v) is 1.84. The SMILES string of the molecule is Cn1ncnc1COC(=O)c1sccc1N. The Labute approximate surface area is 95.7 Å². The number of rotatable bonds is 3. The minimum Gasteiger partial charge on any atom is -0.453 e. The van der Waals surface area contributed by atoms with Gasteiger partial charge in [-0.25, -0.2) is 9.78 Å². The van der Waals surface area contributed by atoms with Crippen molar-refractivity contribution in [2.24, 2.45) is 7.05 Å². The van der Waals surface area contributed by atoms with Gasteiger partial charge in [-0.05, 0) is 11.4 Å². The number of carbonyl (C=O) groups excluding carboxylic acids is 1. The van der Waals surface area contributed by atoms with Crippen LogP contribution < -0.4 is 5.73 Å². The van der Waals surface area contributed by atoms with E-state index in [1.807, 2.05) is 0 Å². The molecule has 0 unspecified atom stereocenters. The van der Waals surface area contributed by atoms with Crippen LogP contribution in [0.15, 0.2) is 17.8 Å². The first kappa shape index (κ1) is 10.6. The molecular weight excluding hydrogens is 228 g/mol. The zero-order valence-corrected chi connectivity index (χ0v) is 9.40. The average Bonchev–Trinajstić information content (AvgIpc) is 2.84. The first-order valence-corrected chi connectivity index (χ1v) is 5.39. The molecule has 2 rings (SSSR count). The summed E-state index contributed by atoms with van der Waals surface area (Å²) in [4.78, 5) is 15.9. The van der Waals surface area contributed by atoms with Crippen molar-refractivity contribution in [1.29, 1.82) is 0 Å². The molecule has 0 saturated carbocycles. The van der Waals surface area contributed by atoms with Crippen molar-refractivity contribution in [2.75, 3.05) is 5.73 Å². The highest BCUT2D eigenvalue weighted by Gasteiger charge is 2.13. The summed E-state index contributed by atoms with van der Waals surface area (Å²) in [5.41, 5.74) is 6.03. The number of hydrogen-bond donors (Lipinski definition) is 1. The first-order chi connectivity index (χ1) is 7.68. The second-order valence-electron chi connectivity index (χ2n) is 3.08.